The standard InChI is InChI=1S/C27H26N6O3/c1-4-36-22-14-12-20(13-15-22)28-25(34)19(3)32-27(35)23-24(18(2)29-32)30-33(21-10-6-5-7-11-21)26(23)31-16-8-9-17-31/h5-17,19H,4H2,1-3H3,(H,28,34). The van der Waals surface area contributed by atoms with E-state index in [0.29, 0.717) is 34.7 Å². The van der Waals surface area contributed by atoms with Crippen LogP contribution in [0.4, 0.5) is 5.69 Å². The number of anilines is 1. The molecule has 1 amide bonds. The summed E-state index contributed by atoms with van der Waals surface area (Å²) in [5.41, 5.74) is 2.06. The first kappa shape index (κ1) is 23.1. The highest BCUT2D eigenvalue weighted by atomic mass is 16.5. The topological polar surface area (TPSA) is 96.0 Å². The maximum Gasteiger partial charge on any atom is 0.280 e. The maximum absolute atomic E-state index is 13.8. The Morgan fingerprint density at radius 3 is 2.36 bits per heavy atom. The summed E-state index contributed by atoms with van der Waals surface area (Å²) < 4.78 is 10.3. The summed E-state index contributed by atoms with van der Waals surface area (Å²) in [6.07, 6.45) is 3.72. The van der Waals surface area contributed by atoms with E-state index in [1.54, 1.807) is 42.8 Å². The van der Waals surface area contributed by atoms with Crippen molar-refractivity contribution in [2.24, 2.45) is 0 Å². The molecule has 5 rings (SSSR count). The zero-order valence-corrected chi connectivity index (χ0v) is 20.3. The number of benzene rings is 2. The molecule has 0 aliphatic heterocycles. The molecular formula is C27H26N6O3. The van der Waals surface area contributed by atoms with Crippen LogP contribution in [-0.2, 0) is 4.79 Å². The van der Waals surface area contributed by atoms with Crippen LogP contribution in [0.25, 0.3) is 22.4 Å². The lowest BCUT2D eigenvalue weighted by Gasteiger charge is -2.15. The maximum atomic E-state index is 13.8. The van der Waals surface area contributed by atoms with E-state index in [2.05, 4.69) is 10.4 Å². The second-order valence-corrected chi connectivity index (χ2v) is 8.34. The molecule has 0 aliphatic carbocycles. The zero-order chi connectivity index (χ0) is 25.2. The summed E-state index contributed by atoms with van der Waals surface area (Å²) in [5.74, 6) is 0.950. The lowest BCUT2D eigenvalue weighted by atomic mass is 10.2. The average Bonchev–Trinajstić information content (AvgIpc) is 3.56. The third-order valence-electron chi connectivity index (χ3n) is 5.91. The number of carbonyl (C=O) groups excluding carboxylic acids is 1. The van der Waals surface area contributed by atoms with E-state index in [0.717, 1.165) is 11.4 Å². The number of aryl methyl sites for hydroxylation is 1. The molecule has 0 fully saturated rings. The van der Waals surface area contributed by atoms with Gasteiger partial charge in [0.2, 0.25) is 5.91 Å². The summed E-state index contributed by atoms with van der Waals surface area (Å²) in [7, 11) is 0. The van der Waals surface area contributed by atoms with E-state index in [-0.39, 0.29) is 5.91 Å². The summed E-state index contributed by atoms with van der Waals surface area (Å²) in [6, 6.07) is 19.6. The third kappa shape index (κ3) is 4.15. The number of carbonyl (C=O) groups is 1. The number of rotatable bonds is 7. The molecular weight excluding hydrogens is 456 g/mol. The van der Waals surface area contributed by atoms with Gasteiger partial charge in [0.15, 0.2) is 5.82 Å². The van der Waals surface area contributed by atoms with E-state index in [4.69, 9.17) is 9.84 Å². The van der Waals surface area contributed by atoms with Crippen molar-refractivity contribution < 1.29 is 9.53 Å². The fourth-order valence-corrected chi connectivity index (χ4v) is 4.11. The lowest BCUT2D eigenvalue weighted by Crippen LogP contribution is -2.34. The van der Waals surface area contributed by atoms with Crippen LogP contribution in [0, 0.1) is 6.92 Å². The number of aromatic nitrogens is 5. The molecule has 1 N–H and O–H groups in total. The first-order chi connectivity index (χ1) is 17.5. The minimum atomic E-state index is -0.857. The Morgan fingerprint density at radius 1 is 1.00 bits per heavy atom. The molecule has 36 heavy (non-hydrogen) atoms. The van der Waals surface area contributed by atoms with Crippen LogP contribution >= 0.6 is 0 Å². The molecule has 3 heterocycles. The fraction of sp³-hybridized carbons (Fsp3) is 0.185. The minimum absolute atomic E-state index is 0.356. The van der Waals surface area contributed by atoms with Gasteiger partial charge in [-0.25, -0.2) is 9.36 Å². The molecule has 1 unspecified atom stereocenters. The second kappa shape index (κ2) is 9.53. The van der Waals surface area contributed by atoms with Gasteiger partial charge in [-0.3, -0.25) is 9.59 Å². The predicted molar refractivity (Wildman–Crippen MR) is 138 cm³/mol. The predicted octanol–water partition coefficient (Wildman–Crippen LogP) is 4.28. The molecule has 2 aromatic carbocycles. The second-order valence-electron chi connectivity index (χ2n) is 8.34. The van der Waals surface area contributed by atoms with Gasteiger partial charge in [0, 0.05) is 18.1 Å². The number of nitrogens with zero attached hydrogens (tertiary/aromatic N) is 5. The first-order valence-electron chi connectivity index (χ1n) is 11.7. The zero-order valence-electron chi connectivity index (χ0n) is 20.3. The van der Waals surface area contributed by atoms with Crippen LogP contribution in [0.1, 0.15) is 25.6 Å². The fourth-order valence-electron chi connectivity index (χ4n) is 4.11. The largest absolute Gasteiger partial charge is 0.494 e. The van der Waals surface area contributed by atoms with Gasteiger partial charge in [-0.2, -0.15) is 10.2 Å². The number of hydrogen-bond acceptors (Lipinski definition) is 5. The van der Waals surface area contributed by atoms with Gasteiger partial charge in [0.05, 0.1) is 18.0 Å². The van der Waals surface area contributed by atoms with Gasteiger partial charge >= 0.3 is 0 Å². The number of nitrogens with one attached hydrogen (secondary N) is 1. The Morgan fingerprint density at radius 2 is 1.69 bits per heavy atom. The normalized spacial score (nSPS) is 12.0. The molecule has 182 valence electrons. The van der Waals surface area contributed by atoms with Crippen molar-refractivity contribution >= 4 is 22.5 Å². The molecule has 9 nitrogen and oxygen atoms in total. The van der Waals surface area contributed by atoms with Crippen LogP contribution < -0.4 is 15.6 Å². The summed E-state index contributed by atoms with van der Waals surface area (Å²) in [5, 5.41) is 12.5. The van der Waals surface area contributed by atoms with Gasteiger partial charge < -0.3 is 14.6 Å². The van der Waals surface area contributed by atoms with Gasteiger partial charge in [0.1, 0.15) is 22.7 Å². The summed E-state index contributed by atoms with van der Waals surface area (Å²) in [4.78, 5) is 26.9. The van der Waals surface area contributed by atoms with Crippen molar-refractivity contribution in [1.29, 1.82) is 0 Å². The molecule has 0 bridgehead atoms. The molecule has 0 aliphatic rings. The third-order valence-corrected chi connectivity index (χ3v) is 5.91. The van der Waals surface area contributed by atoms with E-state index in [1.807, 2.05) is 66.3 Å². The highest BCUT2D eigenvalue weighted by Gasteiger charge is 2.25. The van der Waals surface area contributed by atoms with Crippen LogP contribution in [-0.4, -0.2) is 36.6 Å². The Labute approximate surface area is 207 Å². The molecule has 0 saturated carbocycles. The smallest absolute Gasteiger partial charge is 0.280 e. The Bertz CT molecular complexity index is 1570. The van der Waals surface area contributed by atoms with E-state index in [9.17, 15) is 9.59 Å². The van der Waals surface area contributed by atoms with Crippen molar-refractivity contribution in [3.63, 3.8) is 0 Å². The SMILES string of the molecule is CCOc1ccc(NC(=O)C(C)n2nc(C)c3nn(-c4ccccc4)c(-n4cccc4)c3c2=O)cc1. The van der Waals surface area contributed by atoms with Gasteiger partial charge in [-0.05, 0) is 69.3 Å². The Hall–Kier alpha value is -4.66. The van der Waals surface area contributed by atoms with Gasteiger partial charge in [-0.1, -0.05) is 18.2 Å². The molecule has 0 saturated heterocycles. The van der Waals surface area contributed by atoms with Crippen LogP contribution in [0.3, 0.4) is 0 Å². The molecule has 0 radical (unpaired) electrons. The van der Waals surface area contributed by atoms with Crippen molar-refractivity contribution in [3.8, 4) is 17.3 Å². The monoisotopic (exact) mass is 482 g/mol. The van der Waals surface area contributed by atoms with Crippen molar-refractivity contribution in [2.75, 3.05) is 11.9 Å². The van der Waals surface area contributed by atoms with E-state index >= 15 is 0 Å². The number of para-hydroxylation sites is 1. The minimum Gasteiger partial charge on any atom is -0.494 e. The summed E-state index contributed by atoms with van der Waals surface area (Å²) >= 11 is 0. The van der Waals surface area contributed by atoms with Crippen LogP contribution in [0.2, 0.25) is 0 Å². The van der Waals surface area contributed by atoms with Crippen LogP contribution in [0.5, 0.6) is 5.75 Å². The van der Waals surface area contributed by atoms with E-state index < -0.39 is 11.6 Å². The van der Waals surface area contributed by atoms with E-state index in [1.165, 1.54) is 4.68 Å². The first-order valence-corrected chi connectivity index (χ1v) is 11.7. The van der Waals surface area contributed by atoms with Crippen LogP contribution in [0.15, 0.2) is 83.9 Å². The van der Waals surface area contributed by atoms with Crippen molar-refractivity contribution in [3.05, 3.63) is 95.2 Å². The molecule has 9 heteroatoms. The number of amides is 1. The van der Waals surface area contributed by atoms with Crippen molar-refractivity contribution in [1.82, 2.24) is 24.1 Å². The Kier molecular flexibility index (Phi) is 6.12. The molecule has 0 spiro atoms. The molecule has 1 atom stereocenters. The average molecular weight is 483 g/mol. The number of hydrogen-bond donors (Lipinski definition) is 1. The van der Waals surface area contributed by atoms with Gasteiger partial charge in [-0.15, -0.1) is 0 Å². The van der Waals surface area contributed by atoms with Gasteiger partial charge in [0.25, 0.3) is 5.56 Å². The molecule has 5 aromatic rings. The lowest BCUT2D eigenvalue weighted by molar-refractivity contribution is -0.119. The number of fused-ring (bicyclic) bond motifs is 1. The Balaban J connectivity index is 1.58. The highest BCUT2D eigenvalue weighted by Crippen LogP contribution is 2.25. The number of ether oxygens (including phenoxy) is 1. The quantitative estimate of drug-likeness (QED) is 0.374. The highest BCUT2D eigenvalue weighted by molar-refractivity contribution is 5.94. The van der Waals surface area contributed by atoms with Crippen molar-refractivity contribution in [2.45, 2.75) is 26.8 Å². The summed E-state index contributed by atoms with van der Waals surface area (Å²) in [6.45, 7) is 5.91. The molecule has 3 aromatic heterocycles.